The van der Waals surface area contributed by atoms with Crippen molar-refractivity contribution in [3.05, 3.63) is 0 Å². The first-order chi connectivity index (χ1) is 37.4. The average molecular weight is 1170 g/mol. The molecule has 5 fully saturated rings. The van der Waals surface area contributed by atoms with E-state index in [-0.39, 0.29) is 0 Å². The maximum atomic E-state index is 13.0. The number of nitrogens with one attached hydrogen (secondary N) is 4. The first-order valence-electron chi connectivity index (χ1n) is 24.8. The number of ether oxygens (including phenoxy) is 9. The third-order valence-corrected chi connectivity index (χ3v) is 13.9. The van der Waals surface area contributed by atoms with Crippen LogP contribution in [0.25, 0.3) is 0 Å². The second kappa shape index (κ2) is 28.0. The normalized spacial score (nSPS) is 42.0. The van der Waals surface area contributed by atoms with E-state index in [1.807, 2.05) is 0 Å². The highest BCUT2D eigenvalue weighted by molar-refractivity contribution is 5.77. The Bertz CT molecular complexity index is 2120. The van der Waals surface area contributed by atoms with Gasteiger partial charge in [0.2, 0.25) is 23.6 Å². The molecule has 5 rings (SSSR count). The molecule has 36 heteroatoms. The predicted molar refractivity (Wildman–Crippen MR) is 247 cm³/mol. The van der Waals surface area contributed by atoms with Crippen molar-refractivity contribution in [2.45, 2.75) is 205 Å². The minimum absolute atomic E-state index is 0.801. The predicted octanol–water partition coefficient (Wildman–Crippen LogP) is -12.9. The fraction of sp³-hybridized carbons (Fsp3) is 0.864. The van der Waals surface area contributed by atoms with Crippen molar-refractivity contribution >= 4 is 35.6 Å². The Morgan fingerprint density at radius 3 is 1.40 bits per heavy atom. The number of carbonyl (C=O) groups excluding carboxylic acids is 4. The Morgan fingerprint density at radius 1 is 0.512 bits per heavy atom. The number of carboxylic acids is 2. The van der Waals surface area contributed by atoms with E-state index < -0.39 is 246 Å². The monoisotopic (exact) mass is 1170 g/mol. The number of hydrogen-bond acceptors (Lipinski definition) is 30. The van der Waals surface area contributed by atoms with Crippen molar-refractivity contribution in [2.75, 3.05) is 33.0 Å². The molecule has 36 nitrogen and oxygen atoms in total. The van der Waals surface area contributed by atoms with Gasteiger partial charge in [-0.3, -0.25) is 19.2 Å². The second-order valence-corrected chi connectivity index (χ2v) is 19.8. The summed E-state index contributed by atoms with van der Waals surface area (Å²) in [5, 5.41) is 192. The molecule has 5 heterocycles. The molecule has 0 radical (unpaired) electrons. The van der Waals surface area contributed by atoms with Gasteiger partial charge in [-0.15, -0.1) is 0 Å². The minimum Gasteiger partial charge on any atom is -0.477 e. The van der Waals surface area contributed by atoms with Crippen LogP contribution in [0.5, 0.6) is 0 Å². The molecule has 0 aromatic rings. The first-order valence-corrected chi connectivity index (χ1v) is 24.8. The lowest BCUT2D eigenvalue weighted by Crippen LogP contribution is -2.71. The van der Waals surface area contributed by atoms with Gasteiger partial charge in [0.05, 0.1) is 57.3 Å². The number of aliphatic hydroxyl groups is 15. The van der Waals surface area contributed by atoms with Crippen LogP contribution in [-0.2, 0) is 71.4 Å². The quantitative estimate of drug-likeness (QED) is 0.0452. The fourth-order valence-corrected chi connectivity index (χ4v) is 9.94. The van der Waals surface area contributed by atoms with Crippen molar-refractivity contribution in [1.82, 2.24) is 21.3 Å². The maximum absolute atomic E-state index is 13.0. The number of rotatable bonds is 23. The molecule has 80 heavy (non-hydrogen) atoms. The van der Waals surface area contributed by atoms with Crippen LogP contribution in [0, 0.1) is 0 Å². The molecule has 5 saturated heterocycles. The molecule has 5 aliphatic rings. The van der Waals surface area contributed by atoms with Crippen LogP contribution in [0.4, 0.5) is 0 Å². The highest BCUT2D eigenvalue weighted by Crippen LogP contribution is 2.40. The third kappa shape index (κ3) is 14.8. The highest BCUT2D eigenvalue weighted by atomic mass is 16.8. The van der Waals surface area contributed by atoms with E-state index in [1.165, 1.54) is 0 Å². The summed E-state index contributed by atoms with van der Waals surface area (Å²) in [6.07, 6.45) is -46.4. The number of amides is 4. The number of carboxylic acid groups (broad SMARTS) is 2. The first kappa shape index (κ1) is 66.7. The lowest BCUT2D eigenvalue weighted by Gasteiger charge is -2.51. The van der Waals surface area contributed by atoms with Crippen LogP contribution in [-0.4, -0.2) is 320 Å². The zero-order valence-corrected chi connectivity index (χ0v) is 43.1. The molecule has 460 valence electrons. The van der Waals surface area contributed by atoms with Crippen LogP contribution in [0.2, 0.25) is 0 Å². The standard InChI is InChI=1S/C44H72N4O32/c1-12(53)45-23-16(57)5-43(41(68)69,78-35(23)27(61)18(59)7-49)72-11-22-30(64)34(26(38(67)73-22)48-15(4)56)77-39-25(47-14(3)55)31(65)33(21(10-52)75-39)76-40-32(66)37(29(63)20(9-51)74-40)80-44(42(70)71)6-17(58)24(46-13(2)54)36(79-44)28(62)19(60)8-50/h16-40,49-52,57-67H,5-11H2,1-4H3,(H,45,53)(H,46,54)(H,47,55)(H,48,56)(H,68,69)(H,70,71)/t16-,17-,18+,19+,20+,21+,22+,23+,24+,25+,26+,27+,28+,29-,30-,31+,32+,33+,34+,35+,36+,37-,38?,39-,40-,43+,44-/m0/s1. The molecule has 0 spiro atoms. The Labute approximate surface area is 452 Å². The van der Waals surface area contributed by atoms with Gasteiger partial charge in [0.15, 0.2) is 18.9 Å². The molecule has 21 N–H and O–H groups in total. The molecule has 0 bridgehead atoms. The molecule has 0 aromatic carbocycles. The Balaban J connectivity index is 1.43. The number of hydrogen-bond donors (Lipinski definition) is 21. The van der Waals surface area contributed by atoms with Gasteiger partial charge in [-0.25, -0.2) is 9.59 Å². The van der Waals surface area contributed by atoms with Gasteiger partial charge < -0.3 is 151 Å². The van der Waals surface area contributed by atoms with Gasteiger partial charge in [-0.05, 0) is 0 Å². The van der Waals surface area contributed by atoms with Gasteiger partial charge in [-0.2, -0.15) is 0 Å². The Kier molecular flexibility index (Phi) is 23.3. The molecule has 0 aliphatic carbocycles. The van der Waals surface area contributed by atoms with Crippen LogP contribution in [0.3, 0.4) is 0 Å². The molecule has 1 unspecified atom stereocenters. The zero-order chi connectivity index (χ0) is 60.0. The number of aliphatic carboxylic acids is 2. The smallest absolute Gasteiger partial charge is 0.364 e. The Morgan fingerprint density at radius 2 is 0.938 bits per heavy atom. The van der Waals surface area contributed by atoms with Gasteiger partial charge >= 0.3 is 11.9 Å². The molecule has 0 aromatic heterocycles. The summed E-state index contributed by atoms with van der Waals surface area (Å²) in [7, 11) is 0. The maximum Gasteiger partial charge on any atom is 0.364 e. The van der Waals surface area contributed by atoms with Crippen LogP contribution >= 0.6 is 0 Å². The molecule has 27 atom stereocenters. The van der Waals surface area contributed by atoms with Crippen molar-refractivity contribution in [3.63, 3.8) is 0 Å². The third-order valence-electron chi connectivity index (χ3n) is 13.9. The number of carbonyl (C=O) groups is 6. The van der Waals surface area contributed by atoms with Gasteiger partial charge in [0.1, 0.15) is 110 Å². The summed E-state index contributed by atoms with van der Waals surface area (Å²) in [5.74, 6) is -13.8. The van der Waals surface area contributed by atoms with Crippen LogP contribution in [0.1, 0.15) is 40.5 Å². The van der Waals surface area contributed by atoms with Crippen molar-refractivity contribution in [2.24, 2.45) is 0 Å². The van der Waals surface area contributed by atoms with Crippen molar-refractivity contribution < 1.29 is 158 Å². The lowest BCUT2D eigenvalue weighted by molar-refractivity contribution is -0.385. The van der Waals surface area contributed by atoms with E-state index in [4.69, 9.17) is 42.6 Å². The van der Waals surface area contributed by atoms with Crippen molar-refractivity contribution in [3.8, 4) is 0 Å². The van der Waals surface area contributed by atoms with E-state index in [9.17, 15) is 116 Å². The van der Waals surface area contributed by atoms with Gasteiger partial charge in [0, 0.05) is 40.5 Å². The minimum atomic E-state index is -3.21. The van der Waals surface area contributed by atoms with Crippen molar-refractivity contribution in [1.29, 1.82) is 0 Å². The highest BCUT2D eigenvalue weighted by Gasteiger charge is 2.62. The van der Waals surface area contributed by atoms with Gasteiger partial charge in [0.25, 0.3) is 11.6 Å². The summed E-state index contributed by atoms with van der Waals surface area (Å²) in [6, 6.07) is -7.02. The summed E-state index contributed by atoms with van der Waals surface area (Å²) in [5.41, 5.74) is 0. The largest absolute Gasteiger partial charge is 0.477 e. The van der Waals surface area contributed by atoms with Crippen LogP contribution < -0.4 is 21.3 Å². The van der Waals surface area contributed by atoms with Gasteiger partial charge in [-0.1, -0.05) is 0 Å². The molecule has 5 aliphatic heterocycles. The van der Waals surface area contributed by atoms with Crippen LogP contribution in [0.15, 0.2) is 0 Å². The van der Waals surface area contributed by atoms with E-state index in [0.717, 1.165) is 27.7 Å². The van der Waals surface area contributed by atoms with E-state index in [0.29, 0.717) is 0 Å². The topological polar surface area (TPSA) is 578 Å². The van der Waals surface area contributed by atoms with E-state index in [1.54, 1.807) is 0 Å². The SMILES string of the molecule is CC(=O)N[C@H]1[C@H](O[C@H]2[C@@H](O)[C@@H](CO[C@]3(C(=O)O)C[C@H](O)[C@@H](NC(C)=O)[C@H]([C@H](O)[C@H](O)CO)O3)OC(O)[C@@H]2NC(C)=O)O[C@H](CO)[C@@H](O[C@@H]2O[C@H](CO)[C@H](O)[C@H](O[C@]3(C(=O)O)C[C@H](O)[C@@H](NC(C)=O)[C@H]([C@H](O)[C@H](O)CO)O3)[C@H]2O)[C@@H]1O. The molecule has 4 amide bonds. The molecule has 0 saturated carbocycles. The van der Waals surface area contributed by atoms with E-state index >= 15 is 0 Å². The summed E-state index contributed by atoms with van der Waals surface area (Å²) >= 11 is 0. The molecular weight excluding hydrogens is 1100 g/mol. The fourth-order valence-electron chi connectivity index (χ4n) is 9.94. The molecular formula is C44H72N4O32. The lowest BCUT2D eigenvalue weighted by atomic mass is 9.88. The zero-order valence-electron chi connectivity index (χ0n) is 43.1. The Hall–Kier alpha value is -4.14. The summed E-state index contributed by atoms with van der Waals surface area (Å²) < 4.78 is 51.4. The second-order valence-electron chi connectivity index (χ2n) is 19.8. The van der Waals surface area contributed by atoms with E-state index in [2.05, 4.69) is 21.3 Å². The summed E-state index contributed by atoms with van der Waals surface area (Å²) in [6.45, 7) is -1.82. The average Bonchev–Trinajstić information content (AvgIpc) is 3.38. The number of aliphatic hydroxyl groups excluding tert-OH is 15. The summed E-state index contributed by atoms with van der Waals surface area (Å²) in [4.78, 5) is 75.1.